The SMILES string of the molecule is CCSCC(C)NC(=O)c1cc(Cl)ncc1[N+](=O)[O-]. The highest BCUT2D eigenvalue weighted by molar-refractivity contribution is 7.99. The third kappa shape index (κ3) is 4.68. The molecule has 1 rings (SSSR count). The van der Waals surface area contributed by atoms with Gasteiger partial charge >= 0.3 is 0 Å². The van der Waals surface area contributed by atoms with Crippen LogP contribution in [0.3, 0.4) is 0 Å². The quantitative estimate of drug-likeness (QED) is 0.496. The van der Waals surface area contributed by atoms with Crippen molar-refractivity contribution < 1.29 is 9.72 Å². The van der Waals surface area contributed by atoms with Gasteiger partial charge in [-0.1, -0.05) is 18.5 Å². The number of pyridine rings is 1. The summed E-state index contributed by atoms with van der Waals surface area (Å²) in [6.45, 7) is 3.86. The summed E-state index contributed by atoms with van der Waals surface area (Å²) in [4.78, 5) is 25.8. The molecule has 6 nitrogen and oxygen atoms in total. The zero-order valence-corrected chi connectivity index (χ0v) is 12.1. The number of rotatable bonds is 6. The predicted molar refractivity (Wildman–Crippen MR) is 75.8 cm³/mol. The highest BCUT2D eigenvalue weighted by Gasteiger charge is 2.22. The Morgan fingerprint density at radius 1 is 1.68 bits per heavy atom. The molecule has 1 unspecified atom stereocenters. The van der Waals surface area contributed by atoms with Crippen LogP contribution in [0.2, 0.25) is 5.15 Å². The number of carbonyl (C=O) groups is 1. The average Bonchev–Trinajstić information content (AvgIpc) is 2.35. The van der Waals surface area contributed by atoms with Crippen LogP contribution in [0.5, 0.6) is 0 Å². The summed E-state index contributed by atoms with van der Waals surface area (Å²) in [5.74, 6) is 1.18. The Kier molecular flexibility index (Phi) is 6.04. The number of hydrogen-bond acceptors (Lipinski definition) is 5. The Bertz CT molecular complexity index is 484. The molecule has 1 atom stereocenters. The lowest BCUT2D eigenvalue weighted by atomic mass is 10.2. The molecular formula is C11H14ClN3O3S. The normalized spacial score (nSPS) is 11.9. The van der Waals surface area contributed by atoms with E-state index in [1.54, 1.807) is 11.8 Å². The topological polar surface area (TPSA) is 85.1 Å². The van der Waals surface area contributed by atoms with Gasteiger partial charge in [-0.25, -0.2) is 4.98 Å². The number of carbonyl (C=O) groups excluding carboxylic acids is 1. The number of aromatic nitrogens is 1. The predicted octanol–water partition coefficient (Wildman–Crippen LogP) is 2.51. The molecule has 8 heteroatoms. The fourth-order valence-electron chi connectivity index (χ4n) is 1.39. The zero-order chi connectivity index (χ0) is 14.4. The van der Waals surface area contributed by atoms with Gasteiger partial charge in [0.15, 0.2) is 0 Å². The molecule has 0 aliphatic heterocycles. The number of nitro groups is 1. The highest BCUT2D eigenvalue weighted by Crippen LogP contribution is 2.20. The first-order valence-corrected chi connectivity index (χ1v) is 7.17. The Balaban J connectivity index is 2.86. The molecular weight excluding hydrogens is 290 g/mol. The van der Waals surface area contributed by atoms with E-state index in [0.29, 0.717) is 0 Å². The van der Waals surface area contributed by atoms with Gasteiger partial charge in [0.2, 0.25) is 0 Å². The monoisotopic (exact) mass is 303 g/mol. The Morgan fingerprint density at radius 3 is 2.95 bits per heavy atom. The van der Waals surface area contributed by atoms with E-state index in [-0.39, 0.29) is 22.4 Å². The van der Waals surface area contributed by atoms with Crippen molar-refractivity contribution in [3.63, 3.8) is 0 Å². The summed E-state index contributed by atoms with van der Waals surface area (Å²) in [6.07, 6.45) is 0.989. The van der Waals surface area contributed by atoms with Crippen LogP contribution in [0.25, 0.3) is 0 Å². The van der Waals surface area contributed by atoms with E-state index in [0.717, 1.165) is 17.7 Å². The molecule has 0 saturated heterocycles. The van der Waals surface area contributed by atoms with Crippen LogP contribution >= 0.6 is 23.4 Å². The lowest BCUT2D eigenvalue weighted by Crippen LogP contribution is -2.34. The van der Waals surface area contributed by atoms with Crippen LogP contribution in [-0.4, -0.2) is 33.4 Å². The summed E-state index contributed by atoms with van der Waals surface area (Å²) in [5, 5.41) is 13.6. The minimum absolute atomic E-state index is 0.0475. The molecule has 1 amide bonds. The first-order chi connectivity index (χ1) is 8.95. The second kappa shape index (κ2) is 7.30. The molecule has 1 aromatic heterocycles. The van der Waals surface area contributed by atoms with Crippen molar-refractivity contribution in [3.8, 4) is 0 Å². The van der Waals surface area contributed by atoms with Gasteiger partial charge in [-0.3, -0.25) is 14.9 Å². The maximum atomic E-state index is 12.0. The molecule has 0 spiro atoms. The number of hydrogen-bond donors (Lipinski definition) is 1. The van der Waals surface area contributed by atoms with Crippen LogP contribution in [0.1, 0.15) is 24.2 Å². The molecule has 1 aromatic rings. The fraction of sp³-hybridized carbons (Fsp3) is 0.455. The van der Waals surface area contributed by atoms with Crippen molar-refractivity contribution in [2.75, 3.05) is 11.5 Å². The Hall–Kier alpha value is -1.34. The zero-order valence-electron chi connectivity index (χ0n) is 10.6. The molecule has 19 heavy (non-hydrogen) atoms. The first kappa shape index (κ1) is 15.7. The third-order valence-electron chi connectivity index (χ3n) is 2.24. The summed E-state index contributed by atoms with van der Waals surface area (Å²) in [6, 6.07) is 1.12. The maximum absolute atomic E-state index is 12.0. The van der Waals surface area contributed by atoms with Crippen LogP contribution < -0.4 is 5.32 Å². The molecule has 0 saturated carbocycles. The Labute approximate surface area is 120 Å². The van der Waals surface area contributed by atoms with Crippen LogP contribution in [-0.2, 0) is 0 Å². The fourth-order valence-corrected chi connectivity index (χ4v) is 2.22. The van der Waals surface area contributed by atoms with E-state index >= 15 is 0 Å². The van der Waals surface area contributed by atoms with Gasteiger partial charge in [0.1, 0.15) is 16.9 Å². The van der Waals surface area contributed by atoms with E-state index in [1.165, 1.54) is 6.07 Å². The van der Waals surface area contributed by atoms with Gasteiger partial charge in [0, 0.05) is 11.8 Å². The van der Waals surface area contributed by atoms with E-state index < -0.39 is 10.8 Å². The molecule has 0 bridgehead atoms. The van der Waals surface area contributed by atoms with E-state index in [2.05, 4.69) is 10.3 Å². The van der Waals surface area contributed by atoms with Crippen molar-refractivity contribution in [2.24, 2.45) is 0 Å². The minimum Gasteiger partial charge on any atom is -0.349 e. The number of halogens is 1. The molecule has 0 radical (unpaired) electrons. The van der Waals surface area contributed by atoms with Crippen molar-refractivity contribution in [1.29, 1.82) is 0 Å². The molecule has 0 aliphatic rings. The van der Waals surface area contributed by atoms with Crippen molar-refractivity contribution in [2.45, 2.75) is 19.9 Å². The molecule has 0 fully saturated rings. The number of thioether (sulfide) groups is 1. The van der Waals surface area contributed by atoms with Gasteiger partial charge in [-0.15, -0.1) is 0 Å². The van der Waals surface area contributed by atoms with Gasteiger partial charge in [-0.2, -0.15) is 11.8 Å². The van der Waals surface area contributed by atoms with Crippen molar-refractivity contribution in [3.05, 3.63) is 33.1 Å². The molecule has 0 aromatic carbocycles. The van der Waals surface area contributed by atoms with Crippen LogP contribution in [0.15, 0.2) is 12.3 Å². The summed E-state index contributed by atoms with van der Waals surface area (Å²) < 4.78 is 0. The number of nitrogens with one attached hydrogen (secondary N) is 1. The lowest BCUT2D eigenvalue weighted by Gasteiger charge is -2.13. The summed E-state index contributed by atoms with van der Waals surface area (Å²) in [5.41, 5.74) is -0.421. The molecule has 104 valence electrons. The molecule has 1 heterocycles. The van der Waals surface area contributed by atoms with Crippen molar-refractivity contribution >= 4 is 35.0 Å². The van der Waals surface area contributed by atoms with Gasteiger partial charge < -0.3 is 5.32 Å². The van der Waals surface area contributed by atoms with Gasteiger partial charge in [0.25, 0.3) is 11.6 Å². The Morgan fingerprint density at radius 2 is 2.37 bits per heavy atom. The van der Waals surface area contributed by atoms with Crippen molar-refractivity contribution in [1.82, 2.24) is 10.3 Å². The average molecular weight is 304 g/mol. The van der Waals surface area contributed by atoms with E-state index in [1.807, 2.05) is 13.8 Å². The number of amides is 1. The number of nitrogens with zero attached hydrogens (tertiary/aromatic N) is 2. The summed E-state index contributed by atoms with van der Waals surface area (Å²) >= 11 is 7.35. The van der Waals surface area contributed by atoms with E-state index in [9.17, 15) is 14.9 Å². The second-order valence-electron chi connectivity index (χ2n) is 3.82. The minimum atomic E-state index is -0.649. The van der Waals surface area contributed by atoms with Gasteiger partial charge in [0.05, 0.1) is 4.92 Å². The standard InChI is InChI=1S/C11H14ClN3O3S/c1-3-19-6-7(2)14-11(16)8-4-10(12)13-5-9(8)15(17)18/h4-5,7H,3,6H2,1-2H3,(H,14,16). The summed E-state index contributed by atoms with van der Waals surface area (Å²) in [7, 11) is 0. The van der Waals surface area contributed by atoms with Gasteiger partial charge in [-0.05, 0) is 18.7 Å². The van der Waals surface area contributed by atoms with E-state index in [4.69, 9.17) is 11.6 Å². The lowest BCUT2D eigenvalue weighted by molar-refractivity contribution is -0.385. The first-order valence-electron chi connectivity index (χ1n) is 5.64. The molecule has 0 aliphatic carbocycles. The second-order valence-corrected chi connectivity index (χ2v) is 5.52. The van der Waals surface area contributed by atoms with Crippen LogP contribution in [0.4, 0.5) is 5.69 Å². The maximum Gasteiger partial charge on any atom is 0.300 e. The van der Waals surface area contributed by atoms with Crippen LogP contribution in [0, 0.1) is 10.1 Å². The largest absolute Gasteiger partial charge is 0.349 e. The third-order valence-corrected chi connectivity index (χ3v) is 3.59. The molecule has 1 N–H and O–H groups in total. The highest BCUT2D eigenvalue weighted by atomic mass is 35.5. The smallest absolute Gasteiger partial charge is 0.300 e.